The number of aryl methyl sites for hydroxylation is 2. The number of hydrogen-bond acceptors (Lipinski definition) is 2. The Hall–Kier alpha value is -2.55. The summed E-state index contributed by atoms with van der Waals surface area (Å²) in [7, 11) is 0. The highest BCUT2D eigenvalue weighted by molar-refractivity contribution is 6.05. The Morgan fingerprint density at radius 1 is 0.952 bits per heavy atom. The molecule has 0 saturated heterocycles. The lowest BCUT2D eigenvalue weighted by molar-refractivity contribution is 0.627. The third-order valence-electron chi connectivity index (χ3n) is 3.87. The van der Waals surface area contributed by atoms with Crippen LogP contribution in [0.4, 0.5) is 5.69 Å². The molecule has 1 heterocycles. The van der Waals surface area contributed by atoms with Crippen molar-refractivity contribution in [3.05, 3.63) is 77.5 Å². The van der Waals surface area contributed by atoms with Crippen LogP contribution in [-0.2, 0) is 0 Å². The third-order valence-corrected chi connectivity index (χ3v) is 3.87. The van der Waals surface area contributed by atoms with Gasteiger partial charge in [-0.3, -0.25) is 5.41 Å². The van der Waals surface area contributed by atoms with E-state index in [-0.39, 0.29) is 6.17 Å². The van der Waals surface area contributed by atoms with Crippen LogP contribution in [0.1, 0.15) is 22.9 Å². The molecule has 0 bridgehead atoms. The molecule has 1 aliphatic heterocycles. The maximum absolute atomic E-state index is 8.33. The molecule has 0 fully saturated rings. The van der Waals surface area contributed by atoms with Gasteiger partial charge in [-0.15, -0.1) is 0 Å². The Labute approximate surface area is 125 Å². The average molecular weight is 277 g/mol. The molecule has 2 N–H and O–H groups in total. The molecule has 106 valence electrons. The monoisotopic (exact) mass is 277 g/mol. The van der Waals surface area contributed by atoms with Gasteiger partial charge in [0, 0.05) is 11.9 Å². The van der Waals surface area contributed by atoms with Crippen molar-refractivity contribution in [2.75, 3.05) is 4.90 Å². The Bertz CT molecular complexity index is 703. The van der Waals surface area contributed by atoms with Crippen LogP contribution in [0.25, 0.3) is 0 Å². The van der Waals surface area contributed by atoms with Crippen LogP contribution in [0.2, 0.25) is 0 Å². The van der Waals surface area contributed by atoms with Gasteiger partial charge in [-0.05, 0) is 42.7 Å². The molecule has 3 rings (SSSR count). The van der Waals surface area contributed by atoms with E-state index in [4.69, 9.17) is 5.41 Å². The predicted molar refractivity (Wildman–Crippen MR) is 87.6 cm³/mol. The zero-order chi connectivity index (χ0) is 14.8. The number of rotatable bonds is 2. The van der Waals surface area contributed by atoms with Gasteiger partial charge in [0.05, 0.1) is 0 Å². The van der Waals surface area contributed by atoms with Gasteiger partial charge < -0.3 is 10.2 Å². The van der Waals surface area contributed by atoms with E-state index in [1.54, 1.807) is 6.08 Å². The van der Waals surface area contributed by atoms with Crippen molar-refractivity contribution in [1.29, 1.82) is 5.41 Å². The Balaban J connectivity index is 2.11. The first-order chi connectivity index (χ1) is 10.2. The summed E-state index contributed by atoms with van der Waals surface area (Å²) in [6.45, 7) is 4.19. The number of amidine groups is 1. The summed E-state index contributed by atoms with van der Waals surface area (Å²) in [6.07, 6.45) is 3.60. The molecule has 0 radical (unpaired) electrons. The molecule has 0 saturated carbocycles. The third kappa shape index (κ3) is 2.42. The maximum atomic E-state index is 8.33. The van der Waals surface area contributed by atoms with Crippen LogP contribution in [0, 0.1) is 19.3 Å². The minimum Gasteiger partial charge on any atom is -0.367 e. The van der Waals surface area contributed by atoms with Gasteiger partial charge >= 0.3 is 0 Å². The topological polar surface area (TPSA) is 39.1 Å². The summed E-state index contributed by atoms with van der Waals surface area (Å²) in [4.78, 5) is 2.04. The van der Waals surface area contributed by atoms with Crippen molar-refractivity contribution in [1.82, 2.24) is 5.32 Å². The van der Waals surface area contributed by atoms with E-state index in [1.165, 1.54) is 11.1 Å². The number of para-hydroxylation sites is 1. The summed E-state index contributed by atoms with van der Waals surface area (Å²) in [6, 6.07) is 16.5. The molecule has 0 aromatic heterocycles. The highest BCUT2D eigenvalue weighted by Crippen LogP contribution is 2.31. The number of nitrogens with zero attached hydrogens (tertiary/aromatic N) is 1. The first-order valence-corrected chi connectivity index (χ1v) is 7.10. The van der Waals surface area contributed by atoms with Crippen molar-refractivity contribution >= 4 is 11.5 Å². The van der Waals surface area contributed by atoms with Crippen molar-refractivity contribution in [2.24, 2.45) is 0 Å². The summed E-state index contributed by atoms with van der Waals surface area (Å²) in [5, 5.41) is 11.7. The quantitative estimate of drug-likeness (QED) is 0.873. The van der Waals surface area contributed by atoms with E-state index in [2.05, 4.69) is 43.4 Å². The Kier molecular flexibility index (Phi) is 3.48. The highest BCUT2D eigenvalue weighted by Gasteiger charge is 2.27. The normalized spacial score (nSPS) is 17.7. The number of benzene rings is 2. The van der Waals surface area contributed by atoms with E-state index in [1.807, 2.05) is 35.4 Å². The lowest BCUT2D eigenvalue weighted by Gasteiger charge is -2.37. The second-order valence-electron chi connectivity index (χ2n) is 5.30. The molecule has 2 aromatic carbocycles. The molecular weight excluding hydrogens is 258 g/mol. The minimum absolute atomic E-state index is 0.0511. The van der Waals surface area contributed by atoms with Crippen LogP contribution in [0.15, 0.2) is 60.8 Å². The average Bonchev–Trinajstić information content (AvgIpc) is 2.49. The molecule has 0 amide bonds. The van der Waals surface area contributed by atoms with E-state index in [0.29, 0.717) is 5.84 Å². The molecule has 1 unspecified atom stereocenters. The molecule has 2 aromatic rings. The van der Waals surface area contributed by atoms with Gasteiger partial charge in [-0.25, -0.2) is 0 Å². The molecule has 1 aliphatic rings. The maximum Gasteiger partial charge on any atom is 0.131 e. The first kappa shape index (κ1) is 13.4. The fourth-order valence-corrected chi connectivity index (χ4v) is 2.74. The van der Waals surface area contributed by atoms with Crippen LogP contribution in [0.5, 0.6) is 0 Å². The van der Waals surface area contributed by atoms with Crippen LogP contribution in [0.3, 0.4) is 0 Å². The SMILES string of the molecule is Cc1ccccc1C1NC=CC(=N)N1c1ccccc1C. The largest absolute Gasteiger partial charge is 0.367 e. The van der Waals surface area contributed by atoms with Gasteiger partial charge in [0.2, 0.25) is 0 Å². The van der Waals surface area contributed by atoms with Crippen molar-refractivity contribution in [3.8, 4) is 0 Å². The van der Waals surface area contributed by atoms with Crippen molar-refractivity contribution in [3.63, 3.8) is 0 Å². The molecule has 3 nitrogen and oxygen atoms in total. The number of nitrogens with one attached hydrogen (secondary N) is 2. The zero-order valence-corrected chi connectivity index (χ0v) is 12.3. The van der Waals surface area contributed by atoms with Crippen LogP contribution in [-0.4, -0.2) is 5.84 Å². The van der Waals surface area contributed by atoms with Gasteiger partial charge in [-0.2, -0.15) is 0 Å². The van der Waals surface area contributed by atoms with Gasteiger partial charge in [0.1, 0.15) is 12.0 Å². The van der Waals surface area contributed by atoms with Gasteiger partial charge in [0.15, 0.2) is 0 Å². The van der Waals surface area contributed by atoms with Gasteiger partial charge in [-0.1, -0.05) is 42.5 Å². The molecule has 21 heavy (non-hydrogen) atoms. The summed E-state index contributed by atoms with van der Waals surface area (Å²) in [5.41, 5.74) is 4.64. The Morgan fingerprint density at radius 2 is 1.62 bits per heavy atom. The first-order valence-electron chi connectivity index (χ1n) is 7.10. The van der Waals surface area contributed by atoms with E-state index in [9.17, 15) is 0 Å². The van der Waals surface area contributed by atoms with Crippen LogP contribution >= 0.6 is 0 Å². The lowest BCUT2D eigenvalue weighted by atomic mass is 10.0. The minimum atomic E-state index is -0.0511. The van der Waals surface area contributed by atoms with Crippen molar-refractivity contribution in [2.45, 2.75) is 20.0 Å². The van der Waals surface area contributed by atoms with E-state index in [0.717, 1.165) is 11.3 Å². The second kappa shape index (κ2) is 5.44. The smallest absolute Gasteiger partial charge is 0.131 e. The molecule has 1 atom stereocenters. The Morgan fingerprint density at radius 3 is 2.33 bits per heavy atom. The molecular formula is C18H19N3. The van der Waals surface area contributed by atoms with E-state index >= 15 is 0 Å². The fourth-order valence-electron chi connectivity index (χ4n) is 2.74. The summed E-state index contributed by atoms with van der Waals surface area (Å²) < 4.78 is 0. The molecule has 0 spiro atoms. The molecule has 0 aliphatic carbocycles. The second-order valence-corrected chi connectivity index (χ2v) is 5.30. The molecule has 3 heteroatoms. The predicted octanol–water partition coefficient (Wildman–Crippen LogP) is 3.90. The van der Waals surface area contributed by atoms with Crippen molar-refractivity contribution < 1.29 is 0 Å². The summed E-state index contributed by atoms with van der Waals surface area (Å²) >= 11 is 0. The standard InChI is InChI=1S/C18H19N3/c1-13-7-3-5-9-15(13)18-20-12-11-17(19)21(18)16-10-6-4-8-14(16)2/h3-12,18-20H,1-2H3. The fraction of sp³-hybridized carbons (Fsp3) is 0.167. The van der Waals surface area contributed by atoms with Gasteiger partial charge in [0.25, 0.3) is 0 Å². The number of anilines is 1. The highest BCUT2D eigenvalue weighted by atomic mass is 15.3. The lowest BCUT2D eigenvalue weighted by Crippen LogP contribution is -2.43. The zero-order valence-electron chi connectivity index (χ0n) is 12.3. The van der Waals surface area contributed by atoms with E-state index < -0.39 is 0 Å². The van der Waals surface area contributed by atoms with Crippen LogP contribution < -0.4 is 10.2 Å². The number of hydrogen-bond donors (Lipinski definition) is 2. The summed E-state index contributed by atoms with van der Waals surface area (Å²) in [5.74, 6) is 0.497.